The third-order valence-corrected chi connectivity index (χ3v) is 5.27. The number of halogens is 1. The van der Waals surface area contributed by atoms with E-state index in [1.165, 1.54) is 12.3 Å². The topological polar surface area (TPSA) is 46.6 Å². The molecule has 0 N–H and O–H groups in total. The molecule has 1 saturated carbocycles. The molecular formula is C15H20FNO3S. The lowest BCUT2D eigenvalue weighted by Crippen LogP contribution is -2.43. The first-order valence-electron chi connectivity index (χ1n) is 7.16. The van der Waals surface area contributed by atoms with Crippen LogP contribution in [-0.2, 0) is 9.84 Å². The molecule has 21 heavy (non-hydrogen) atoms. The standard InChI is InChI=1S/C15H20FNO3S/c1-11-8-17(9-15(6-7-15)10-21(2,18)19)13-5-3-4-12(16)14(13)20-11/h3-5,11H,6-10H2,1-2H3/t11-/m1/s1. The van der Waals surface area contributed by atoms with E-state index in [0.29, 0.717) is 13.1 Å². The van der Waals surface area contributed by atoms with Crippen molar-refractivity contribution in [3.63, 3.8) is 0 Å². The Morgan fingerprint density at radius 2 is 2.14 bits per heavy atom. The molecule has 6 heteroatoms. The minimum Gasteiger partial charge on any atom is -0.484 e. The number of anilines is 1. The number of sulfone groups is 1. The third kappa shape index (κ3) is 3.15. The monoisotopic (exact) mass is 313 g/mol. The zero-order chi connectivity index (χ0) is 15.3. The molecule has 0 radical (unpaired) electrons. The zero-order valence-electron chi connectivity index (χ0n) is 12.3. The fourth-order valence-electron chi connectivity index (χ4n) is 3.15. The number of para-hydroxylation sites is 1. The van der Waals surface area contributed by atoms with Crippen LogP contribution >= 0.6 is 0 Å². The van der Waals surface area contributed by atoms with Crippen LogP contribution in [0.1, 0.15) is 19.8 Å². The molecule has 0 aromatic heterocycles. The molecule has 1 aromatic rings. The van der Waals surface area contributed by atoms with Crippen molar-refractivity contribution in [1.82, 2.24) is 0 Å². The van der Waals surface area contributed by atoms with E-state index >= 15 is 0 Å². The number of benzene rings is 1. The molecule has 0 unspecified atom stereocenters. The lowest BCUT2D eigenvalue weighted by molar-refractivity contribution is 0.200. The molecule has 1 heterocycles. The van der Waals surface area contributed by atoms with Gasteiger partial charge in [0.2, 0.25) is 0 Å². The summed E-state index contributed by atoms with van der Waals surface area (Å²) in [6.45, 7) is 3.20. The van der Waals surface area contributed by atoms with Crippen LogP contribution in [0.4, 0.5) is 10.1 Å². The van der Waals surface area contributed by atoms with Gasteiger partial charge in [-0.3, -0.25) is 0 Å². The average molecular weight is 313 g/mol. The summed E-state index contributed by atoms with van der Waals surface area (Å²) in [6, 6.07) is 4.88. The van der Waals surface area contributed by atoms with Crippen LogP contribution in [0.3, 0.4) is 0 Å². The molecule has 1 atom stereocenters. The second-order valence-electron chi connectivity index (χ2n) is 6.47. The van der Waals surface area contributed by atoms with Gasteiger partial charge in [-0.2, -0.15) is 0 Å². The number of hydrogen-bond donors (Lipinski definition) is 0. The second-order valence-corrected chi connectivity index (χ2v) is 8.61. The van der Waals surface area contributed by atoms with Crippen LogP contribution in [0.15, 0.2) is 18.2 Å². The molecule has 1 aromatic carbocycles. The Hall–Kier alpha value is -1.30. The van der Waals surface area contributed by atoms with Gasteiger partial charge in [0.15, 0.2) is 11.6 Å². The quantitative estimate of drug-likeness (QED) is 0.855. The van der Waals surface area contributed by atoms with E-state index in [1.54, 1.807) is 6.07 Å². The largest absolute Gasteiger partial charge is 0.484 e. The number of fused-ring (bicyclic) bond motifs is 1. The van der Waals surface area contributed by atoms with Gasteiger partial charge in [0.1, 0.15) is 15.9 Å². The zero-order valence-corrected chi connectivity index (χ0v) is 13.1. The molecule has 0 amide bonds. The van der Waals surface area contributed by atoms with Crippen LogP contribution < -0.4 is 9.64 Å². The third-order valence-electron chi connectivity index (χ3n) is 4.14. The van der Waals surface area contributed by atoms with Crippen molar-refractivity contribution in [2.24, 2.45) is 5.41 Å². The molecule has 3 rings (SSSR count). The number of hydrogen-bond acceptors (Lipinski definition) is 4. The minimum absolute atomic E-state index is 0.108. The van der Waals surface area contributed by atoms with E-state index in [2.05, 4.69) is 4.90 Å². The molecule has 4 nitrogen and oxygen atoms in total. The van der Waals surface area contributed by atoms with Gasteiger partial charge in [0.25, 0.3) is 0 Å². The van der Waals surface area contributed by atoms with E-state index in [-0.39, 0.29) is 28.8 Å². The van der Waals surface area contributed by atoms with E-state index < -0.39 is 9.84 Å². The summed E-state index contributed by atoms with van der Waals surface area (Å²) >= 11 is 0. The normalized spacial score (nSPS) is 23.4. The predicted molar refractivity (Wildman–Crippen MR) is 80.1 cm³/mol. The Morgan fingerprint density at radius 1 is 1.43 bits per heavy atom. The van der Waals surface area contributed by atoms with Gasteiger partial charge < -0.3 is 9.64 Å². The first kappa shape index (κ1) is 14.6. The van der Waals surface area contributed by atoms with Crippen molar-refractivity contribution in [1.29, 1.82) is 0 Å². The Bertz CT molecular complexity index is 655. The van der Waals surface area contributed by atoms with Gasteiger partial charge in [-0.15, -0.1) is 0 Å². The van der Waals surface area contributed by atoms with Crippen LogP contribution in [0.5, 0.6) is 5.75 Å². The summed E-state index contributed by atoms with van der Waals surface area (Å²) in [5.41, 5.74) is 0.557. The predicted octanol–water partition coefficient (Wildman–Crippen LogP) is 2.24. The number of ether oxygens (including phenoxy) is 1. The van der Waals surface area contributed by atoms with E-state index in [9.17, 15) is 12.8 Å². The van der Waals surface area contributed by atoms with Crippen LogP contribution in [0, 0.1) is 11.2 Å². The maximum Gasteiger partial charge on any atom is 0.178 e. The number of rotatable bonds is 4. The fraction of sp³-hybridized carbons (Fsp3) is 0.600. The van der Waals surface area contributed by atoms with Gasteiger partial charge in [-0.05, 0) is 31.9 Å². The molecule has 0 bridgehead atoms. The van der Waals surface area contributed by atoms with Crippen LogP contribution in [-0.4, -0.2) is 39.6 Å². The Balaban J connectivity index is 1.86. The molecule has 0 spiro atoms. The summed E-state index contributed by atoms with van der Waals surface area (Å²) in [7, 11) is -3.00. The van der Waals surface area contributed by atoms with Gasteiger partial charge in [-0.1, -0.05) is 6.07 Å². The summed E-state index contributed by atoms with van der Waals surface area (Å²) in [6.07, 6.45) is 3.00. The SMILES string of the molecule is C[C@@H]1CN(CC2(CS(C)(=O)=O)CC2)c2cccc(F)c2O1. The Kier molecular flexibility index (Phi) is 3.39. The van der Waals surface area contributed by atoms with E-state index in [4.69, 9.17) is 4.74 Å². The van der Waals surface area contributed by atoms with Crippen molar-refractivity contribution < 1.29 is 17.5 Å². The highest BCUT2D eigenvalue weighted by atomic mass is 32.2. The van der Waals surface area contributed by atoms with Gasteiger partial charge in [0, 0.05) is 18.2 Å². The Morgan fingerprint density at radius 3 is 2.76 bits per heavy atom. The summed E-state index contributed by atoms with van der Waals surface area (Å²) in [5, 5.41) is 0. The first-order chi connectivity index (χ1) is 9.78. The lowest BCUT2D eigenvalue weighted by atomic mass is 10.1. The van der Waals surface area contributed by atoms with Crippen LogP contribution in [0.2, 0.25) is 0 Å². The Labute approximate surface area is 124 Å². The van der Waals surface area contributed by atoms with E-state index in [0.717, 1.165) is 18.5 Å². The lowest BCUT2D eigenvalue weighted by Gasteiger charge is -2.37. The second kappa shape index (κ2) is 4.87. The smallest absolute Gasteiger partial charge is 0.178 e. The molecule has 0 saturated heterocycles. The summed E-state index contributed by atoms with van der Waals surface area (Å²) in [5.74, 6) is 0.125. The van der Waals surface area contributed by atoms with Gasteiger partial charge in [-0.25, -0.2) is 12.8 Å². The molecular weight excluding hydrogens is 293 g/mol. The van der Waals surface area contributed by atoms with Crippen LogP contribution in [0.25, 0.3) is 0 Å². The molecule has 1 aliphatic heterocycles. The molecule has 116 valence electrons. The van der Waals surface area contributed by atoms with Crippen molar-refractivity contribution in [2.45, 2.75) is 25.9 Å². The molecule has 1 aliphatic carbocycles. The van der Waals surface area contributed by atoms with Crippen molar-refractivity contribution in [3.05, 3.63) is 24.0 Å². The summed E-state index contributed by atoms with van der Waals surface area (Å²) in [4.78, 5) is 2.07. The van der Waals surface area contributed by atoms with Crippen molar-refractivity contribution >= 4 is 15.5 Å². The maximum absolute atomic E-state index is 13.9. The van der Waals surface area contributed by atoms with Gasteiger partial charge >= 0.3 is 0 Å². The average Bonchev–Trinajstić information content (AvgIpc) is 3.07. The highest BCUT2D eigenvalue weighted by Crippen LogP contribution is 2.49. The number of nitrogens with zero attached hydrogens (tertiary/aromatic N) is 1. The minimum atomic E-state index is -3.00. The van der Waals surface area contributed by atoms with Gasteiger partial charge in [0.05, 0.1) is 18.0 Å². The highest BCUT2D eigenvalue weighted by molar-refractivity contribution is 7.90. The molecule has 1 fully saturated rings. The first-order valence-corrected chi connectivity index (χ1v) is 9.22. The van der Waals surface area contributed by atoms with Crippen molar-refractivity contribution in [2.75, 3.05) is 30.0 Å². The summed E-state index contributed by atoms with van der Waals surface area (Å²) < 4.78 is 42.7. The maximum atomic E-state index is 13.9. The molecule has 2 aliphatic rings. The van der Waals surface area contributed by atoms with Crippen molar-refractivity contribution in [3.8, 4) is 5.75 Å². The fourth-order valence-corrected chi connectivity index (χ4v) is 4.64. The van der Waals surface area contributed by atoms with E-state index in [1.807, 2.05) is 13.0 Å². The highest BCUT2D eigenvalue weighted by Gasteiger charge is 2.47.